The summed E-state index contributed by atoms with van der Waals surface area (Å²) in [5, 5.41) is 12.5. The van der Waals surface area contributed by atoms with E-state index in [1.54, 1.807) is 10.8 Å². The molecule has 0 aliphatic carbocycles. The smallest absolute Gasteiger partial charge is 0.177 e. The Balaban J connectivity index is 1.15. The summed E-state index contributed by atoms with van der Waals surface area (Å²) in [6.07, 6.45) is 8.27. The van der Waals surface area contributed by atoms with Crippen LogP contribution in [0.5, 0.6) is 0 Å². The standard InChI is InChI=1S/C18H26N6O/c1-2-8-22(9-3-1)10-15-6-7-18(25-11-15)12-23(13-18)17-5-4-16-20-19-14-24(16)21-17/h4-5,14-15H,1-3,6-13H2/t15-/m1/s1. The van der Waals surface area contributed by atoms with Gasteiger partial charge in [0.05, 0.1) is 19.7 Å². The van der Waals surface area contributed by atoms with Crippen molar-refractivity contribution in [1.29, 1.82) is 0 Å². The molecule has 3 fully saturated rings. The maximum Gasteiger partial charge on any atom is 0.177 e. The highest BCUT2D eigenvalue weighted by Gasteiger charge is 2.47. The van der Waals surface area contributed by atoms with Gasteiger partial charge in [0.1, 0.15) is 17.7 Å². The summed E-state index contributed by atoms with van der Waals surface area (Å²) < 4.78 is 8.09. The molecule has 0 saturated carbocycles. The lowest BCUT2D eigenvalue weighted by Gasteiger charge is -2.53. The Morgan fingerprint density at radius 1 is 1.16 bits per heavy atom. The van der Waals surface area contributed by atoms with E-state index >= 15 is 0 Å². The molecule has 0 amide bonds. The minimum atomic E-state index is 0.0578. The van der Waals surface area contributed by atoms with Crippen molar-refractivity contribution < 1.29 is 4.74 Å². The van der Waals surface area contributed by atoms with Crippen LogP contribution in [0.1, 0.15) is 32.1 Å². The monoisotopic (exact) mass is 342 g/mol. The molecule has 25 heavy (non-hydrogen) atoms. The molecule has 134 valence electrons. The largest absolute Gasteiger partial charge is 0.371 e. The number of fused-ring (bicyclic) bond motifs is 1. The van der Waals surface area contributed by atoms with Gasteiger partial charge >= 0.3 is 0 Å². The summed E-state index contributed by atoms with van der Waals surface area (Å²) in [7, 11) is 0. The third-order valence-electron chi connectivity index (χ3n) is 6.03. The lowest BCUT2D eigenvalue weighted by molar-refractivity contribution is -0.119. The number of nitrogens with zero attached hydrogens (tertiary/aromatic N) is 6. The van der Waals surface area contributed by atoms with Crippen LogP contribution in [0.15, 0.2) is 18.5 Å². The summed E-state index contributed by atoms with van der Waals surface area (Å²) in [6.45, 7) is 6.61. The number of hydrogen-bond donors (Lipinski definition) is 0. The third kappa shape index (κ3) is 3.00. The molecular weight excluding hydrogens is 316 g/mol. The fourth-order valence-electron chi connectivity index (χ4n) is 4.52. The molecule has 0 unspecified atom stereocenters. The molecule has 7 nitrogen and oxygen atoms in total. The summed E-state index contributed by atoms with van der Waals surface area (Å²) in [6, 6.07) is 4.00. The van der Waals surface area contributed by atoms with Gasteiger partial charge in [0.25, 0.3) is 0 Å². The molecule has 0 aromatic carbocycles. The Kier molecular flexibility index (Phi) is 3.86. The van der Waals surface area contributed by atoms with Gasteiger partial charge in [-0.25, -0.2) is 0 Å². The number of piperidine rings is 1. The Hall–Kier alpha value is -1.73. The normalized spacial score (nSPS) is 26.9. The van der Waals surface area contributed by atoms with Gasteiger partial charge in [-0.2, -0.15) is 4.52 Å². The van der Waals surface area contributed by atoms with E-state index in [4.69, 9.17) is 4.74 Å². The van der Waals surface area contributed by atoms with Crippen molar-refractivity contribution in [3.8, 4) is 0 Å². The topological polar surface area (TPSA) is 58.8 Å². The van der Waals surface area contributed by atoms with E-state index in [0.29, 0.717) is 5.92 Å². The number of anilines is 1. The number of rotatable bonds is 3. The summed E-state index contributed by atoms with van der Waals surface area (Å²) in [4.78, 5) is 4.94. The Morgan fingerprint density at radius 2 is 2.04 bits per heavy atom. The van der Waals surface area contributed by atoms with E-state index in [0.717, 1.165) is 31.2 Å². The average Bonchev–Trinajstić information content (AvgIpc) is 3.09. The first-order chi connectivity index (χ1) is 12.3. The van der Waals surface area contributed by atoms with E-state index in [1.807, 2.05) is 12.1 Å². The number of hydrogen-bond acceptors (Lipinski definition) is 6. The highest BCUT2D eigenvalue weighted by molar-refractivity contribution is 5.48. The van der Waals surface area contributed by atoms with E-state index in [9.17, 15) is 0 Å². The first kappa shape index (κ1) is 15.5. The van der Waals surface area contributed by atoms with Gasteiger partial charge in [0.2, 0.25) is 0 Å². The Labute approximate surface area is 148 Å². The number of likely N-dealkylation sites (tertiary alicyclic amines) is 1. The quantitative estimate of drug-likeness (QED) is 0.844. The highest BCUT2D eigenvalue weighted by atomic mass is 16.5. The van der Waals surface area contributed by atoms with Crippen molar-refractivity contribution in [2.45, 2.75) is 37.7 Å². The SMILES string of the molecule is c1cc2nncn2nc1N1CC2(CC[C@H](CN3CCCCC3)CO2)C1. The van der Waals surface area contributed by atoms with Gasteiger partial charge in [-0.1, -0.05) is 6.42 Å². The molecule has 0 radical (unpaired) electrons. The molecule has 0 bridgehead atoms. The zero-order chi connectivity index (χ0) is 16.7. The average molecular weight is 342 g/mol. The maximum absolute atomic E-state index is 6.35. The first-order valence-electron chi connectivity index (χ1n) is 9.58. The molecule has 1 atom stereocenters. The van der Waals surface area contributed by atoms with Crippen LogP contribution in [0.4, 0.5) is 5.82 Å². The molecule has 7 heteroatoms. The van der Waals surface area contributed by atoms with Gasteiger partial charge in [-0.3, -0.25) is 0 Å². The van der Waals surface area contributed by atoms with E-state index in [-0.39, 0.29) is 5.60 Å². The molecule has 2 aromatic rings. The predicted molar refractivity (Wildman–Crippen MR) is 94.7 cm³/mol. The van der Waals surface area contributed by atoms with E-state index in [2.05, 4.69) is 25.1 Å². The van der Waals surface area contributed by atoms with Crippen molar-refractivity contribution in [2.75, 3.05) is 44.2 Å². The lowest BCUT2D eigenvalue weighted by Crippen LogP contribution is -2.65. The van der Waals surface area contributed by atoms with Crippen LogP contribution in [0, 0.1) is 5.92 Å². The Morgan fingerprint density at radius 3 is 2.84 bits per heavy atom. The van der Waals surface area contributed by atoms with Crippen LogP contribution in [-0.2, 0) is 4.74 Å². The molecule has 2 aromatic heterocycles. The number of ether oxygens (including phenoxy) is 1. The predicted octanol–water partition coefficient (Wildman–Crippen LogP) is 1.60. The summed E-state index contributed by atoms with van der Waals surface area (Å²) >= 11 is 0. The summed E-state index contributed by atoms with van der Waals surface area (Å²) in [5.74, 6) is 1.70. The molecule has 1 spiro atoms. The number of aromatic nitrogens is 4. The van der Waals surface area contributed by atoms with Crippen LogP contribution >= 0.6 is 0 Å². The molecule has 3 aliphatic rings. The molecule has 0 N–H and O–H groups in total. The van der Waals surface area contributed by atoms with Crippen LogP contribution in [0.25, 0.3) is 5.65 Å². The third-order valence-corrected chi connectivity index (χ3v) is 6.03. The fourth-order valence-corrected chi connectivity index (χ4v) is 4.52. The molecule has 3 saturated heterocycles. The zero-order valence-electron chi connectivity index (χ0n) is 14.7. The van der Waals surface area contributed by atoms with Crippen molar-refractivity contribution in [2.24, 2.45) is 5.92 Å². The van der Waals surface area contributed by atoms with Gasteiger partial charge in [-0.05, 0) is 56.8 Å². The van der Waals surface area contributed by atoms with Crippen LogP contribution in [-0.4, -0.2) is 69.6 Å². The second-order valence-electron chi connectivity index (χ2n) is 7.94. The molecule has 3 aliphatic heterocycles. The van der Waals surface area contributed by atoms with Gasteiger partial charge in [0, 0.05) is 6.54 Å². The minimum Gasteiger partial charge on any atom is -0.371 e. The molecule has 5 rings (SSSR count). The first-order valence-corrected chi connectivity index (χ1v) is 9.58. The van der Waals surface area contributed by atoms with Gasteiger partial charge < -0.3 is 14.5 Å². The van der Waals surface area contributed by atoms with E-state index in [1.165, 1.54) is 51.7 Å². The van der Waals surface area contributed by atoms with Gasteiger partial charge in [-0.15, -0.1) is 15.3 Å². The molecule has 5 heterocycles. The second-order valence-corrected chi connectivity index (χ2v) is 7.94. The summed E-state index contributed by atoms with van der Waals surface area (Å²) in [5.41, 5.74) is 0.843. The van der Waals surface area contributed by atoms with Crippen LogP contribution in [0.2, 0.25) is 0 Å². The van der Waals surface area contributed by atoms with Crippen molar-refractivity contribution in [3.63, 3.8) is 0 Å². The van der Waals surface area contributed by atoms with Gasteiger partial charge in [0.15, 0.2) is 5.65 Å². The lowest BCUT2D eigenvalue weighted by atomic mass is 9.82. The second kappa shape index (κ2) is 6.21. The molecular formula is C18H26N6O. The van der Waals surface area contributed by atoms with Crippen molar-refractivity contribution >= 4 is 11.5 Å². The zero-order valence-corrected chi connectivity index (χ0v) is 14.7. The fraction of sp³-hybridized carbons (Fsp3) is 0.722. The van der Waals surface area contributed by atoms with Crippen molar-refractivity contribution in [1.82, 2.24) is 24.7 Å². The van der Waals surface area contributed by atoms with Crippen LogP contribution in [0.3, 0.4) is 0 Å². The van der Waals surface area contributed by atoms with E-state index < -0.39 is 0 Å². The highest BCUT2D eigenvalue weighted by Crippen LogP contribution is 2.38. The maximum atomic E-state index is 6.35. The Bertz CT molecular complexity index is 724. The van der Waals surface area contributed by atoms with Crippen LogP contribution < -0.4 is 4.90 Å². The van der Waals surface area contributed by atoms with Crippen molar-refractivity contribution in [3.05, 3.63) is 18.5 Å². The minimum absolute atomic E-state index is 0.0578.